The third-order valence-electron chi connectivity index (χ3n) is 5.03. The van der Waals surface area contributed by atoms with Gasteiger partial charge < -0.3 is 4.74 Å². The van der Waals surface area contributed by atoms with Crippen molar-refractivity contribution in [2.75, 3.05) is 4.90 Å². The molecule has 1 amide bonds. The average molecular weight is 361 g/mol. The standard InChI is InChI=1S/C22H19NO4/c1-2-16-20(14-9-5-3-6-10-14)23(15-11-7-4-8-12-15)22(26)19-17(24)13-18(25)27-21(16)19/h3-12,19,21H,2,13H2,1H3/t19-,21+/m1/s1. The molecule has 4 rings (SSSR count). The molecule has 0 bridgehead atoms. The maximum Gasteiger partial charge on any atom is 0.313 e. The lowest BCUT2D eigenvalue weighted by Gasteiger charge is -2.41. The number of carbonyl (C=O) groups is 3. The van der Waals surface area contributed by atoms with Crippen LogP contribution in [0.1, 0.15) is 25.3 Å². The van der Waals surface area contributed by atoms with Gasteiger partial charge in [-0.25, -0.2) is 0 Å². The minimum absolute atomic E-state index is 0.347. The summed E-state index contributed by atoms with van der Waals surface area (Å²) >= 11 is 0. The van der Waals surface area contributed by atoms with E-state index in [1.807, 2.05) is 67.6 Å². The Morgan fingerprint density at radius 3 is 2.22 bits per heavy atom. The molecule has 0 N–H and O–H groups in total. The number of fused-ring (bicyclic) bond motifs is 1. The van der Waals surface area contributed by atoms with Crippen LogP contribution >= 0.6 is 0 Å². The Bertz CT molecular complexity index is 933. The van der Waals surface area contributed by atoms with Crippen LogP contribution < -0.4 is 4.90 Å². The van der Waals surface area contributed by atoms with Gasteiger partial charge in [-0.15, -0.1) is 0 Å². The zero-order chi connectivity index (χ0) is 19.0. The fourth-order valence-corrected chi connectivity index (χ4v) is 3.85. The van der Waals surface area contributed by atoms with Crippen LogP contribution in [0.25, 0.3) is 5.70 Å². The van der Waals surface area contributed by atoms with Gasteiger partial charge in [0.25, 0.3) is 0 Å². The summed E-state index contributed by atoms with van der Waals surface area (Å²) in [5.41, 5.74) is 3.02. The zero-order valence-electron chi connectivity index (χ0n) is 14.9. The zero-order valence-corrected chi connectivity index (χ0v) is 14.9. The number of esters is 1. The van der Waals surface area contributed by atoms with Crippen LogP contribution in [0, 0.1) is 5.92 Å². The molecule has 0 unspecified atom stereocenters. The van der Waals surface area contributed by atoms with Crippen molar-refractivity contribution in [3.8, 4) is 0 Å². The summed E-state index contributed by atoms with van der Waals surface area (Å²) in [7, 11) is 0. The predicted molar refractivity (Wildman–Crippen MR) is 101 cm³/mol. The lowest BCUT2D eigenvalue weighted by molar-refractivity contribution is -0.162. The molecule has 0 saturated carbocycles. The van der Waals surface area contributed by atoms with Gasteiger partial charge in [0.15, 0.2) is 5.78 Å². The first-order chi connectivity index (χ1) is 13.1. The Morgan fingerprint density at radius 1 is 0.963 bits per heavy atom. The van der Waals surface area contributed by atoms with E-state index in [1.165, 1.54) is 0 Å². The number of hydrogen-bond donors (Lipinski definition) is 0. The molecule has 27 heavy (non-hydrogen) atoms. The Labute approximate surface area is 157 Å². The van der Waals surface area contributed by atoms with Gasteiger partial charge in [-0.3, -0.25) is 19.3 Å². The average Bonchev–Trinajstić information content (AvgIpc) is 2.68. The number of rotatable bonds is 3. The van der Waals surface area contributed by atoms with Gasteiger partial charge in [0.1, 0.15) is 18.4 Å². The van der Waals surface area contributed by atoms with Crippen LogP contribution in [0.5, 0.6) is 0 Å². The van der Waals surface area contributed by atoms with Gasteiger partial charge >= 0.3 is 5.97 Å². The highest BCUT2D eigenvalue weighted by Crippen LogP contribution is 2.42. The van der Waals surface area contributed by atoms with E-state index in [-0.39, 0.29) is 18.1 Å². The van der Waals surface area contributed by atoms with Crippen molar-refractivity contribution in [3.05, 3.63) is 71.8 Å². The molecule has 0 aromatic heterocycles. The topological polar surface area (TPSA) is 63.7 Å². The van der Waals surface area contributed by atoms with Crippen molar-refractivity contribution in [1.82, 2.24) is 0 Å². The fraction of sp³-hybridized carbons (Fsp3) is 0.227. The van der Waals surface area contributed by atoms with E-state index in [2.05, 4.69) is 0 Å². The second-order valence-electron chi connectivity index (χ2n) is 6.63. The number of Topliss-reactive ketones (excluding diaryl/α,β-unsaturated/α-hetero) is 1. The molecule has 2 aliphatic rings. The highest BCUT2D eigenvalue weighted by atomic mass is 16.5. The van der Waals surface area contributed by atoms with Crippen molar-refractivity contribution in [1.29, 1.82) is 0 Å². The Hall–Kier alpha value is -3.21. The van der Waals surface area contributed by atoms with E-state index >= 15 is 0 Å². The number of para-hydroxylation sites is 1. The molecule has 2 aromatic carbocycles. The van der Waals surface area contributed by atoms with E-state index in [0.717, 1.165) is 11.1 Å². The number of ketones is 1. The van der Waals surface area contributed by atoms with Gasteiger partial charge in [0, 0.05) is 5.69 Å². The van der Waals surface area contributed by atoms with Crippen LogP contribution in [0.3, 0.4) is 0 Å². The molecule has 0 aliphatic carbocycles. The second kappa shape index (κ2) is 6.83. The molecule has 2 heterocycles. The van der Waals surface area contributed by atoms with E-state index in [1.54, 1.807) is 4.90 Å². The maximum atomic E-state index is 13.4. The largest absolute Gasteiger partial charge is 0.456 e. The summed E-state index contributed by atoms with van der Waals surface area (Å²) in [6.07, 6.45) is -0.623. The molecule has 136 valence electrons. The molecule has 2 atom stereocenters. The summed E-state index contributed by atoms with van der Waals surface area (Å²) in [4.78, 5) is 39.5. The maximum absolute atomic E-state index is 13.4. The molecule has 2 aromatic rings. The predicted octanol–water partition coefficient (Wildman–Crippen LogP) is 3.36. The van der Waals surface area contributed by atoms with Crippen LogP contribution in [0.4, 0.5) is 5.69 Å². The summed E-state index contributed by atoms with van der Waals surface area (Å²) in [5, 5.41) is 0. The van der Waals surface area contributed by atoms with E-state index in [0.29, 0.717) is 17.8 Å². The summed E-state index contributed by atoms with van der Waals surface area (Å²) in [6, 6.07) is 18.8. The Balaban J connectivity index is 1.98. The smallest absolute Gasteiger partial charge is 0.313 e. The van der Waals surface area contributed by atoms with Crippen LogP contribution in [-0.2, 0) is 19.1 Å². The first-order valence-electron chi connectivity index (χ1n) is 9.01. The van der Waals surface area contributed by atoms with Crippen molar-refractivity contribution in [3.63, 3.8) is 0 Å². The highest BCUT2D eigenvalue weighted by Gasteiger charge is 2.50. The SMILES string of the molecule is CCC1=C(c2ccccc2)N(c2ccccc2)C(=O)[C@@H]2C(=O)CC(=O)O[C@@H]12. The molecule has 2 aliphatic heterocycles. The summed E-state index contributed by atoms with van der Waals surface area (Å²) < 4.78 is 5.51. The third kappa shape index (κ3) is 2.85. The normalized spacial score (nSPS) is 22.6. The number of hydrogen-bond acceptors (Lipinski definition) is 4. The molecule has 0 radical (unpaired) electrons. The lowest BCUT2D eigenvalue weighted by atomic mass is 9.80. The molecular formula is C22H19NO4. The quantitative estimate of drug-likeness (QED) is 0.621. The number of benzene rings is 2. The Kier molecular flexibility index (Phi) is 4.36. The molecule has 1 saturated heterocycles. The summed E-state index contributed by atoms with van der Waals surface area (Å²) in [5.74, 6) is -2.27. The van der Waals surface area contributed by atoms with Crippen molar-refractivity contribution in [2.45, 2.75) is 25.9 Å². The van der Waals surface area contributed by atoms with Crippen LogP contribution in [0.2, 0.25) is 0 Å². The molecule has 1 fully saturated rings. The number of amides is 1. The molecule has 0 spiro atoms. The van der Waals surface area contributed by atoms with Gasteiger partial charge in [-0.05, 0) is 29.7 Å². The van der Waals surface area contributed by atoms with Crippen molar-refractivity contribution in [2.24, 2.45) is 5.92 Å². The third-order valence-corrected chi connectivity index (χ3v) is 5.03. The minimum Gasteiger partial charge on any atom is -0.456 e. The molecule has 5 heteroatoms. The molecular weight excluding hydrogens is 342 g/mol. The van der Waals surface area contributed by atoms with Gasteiger partial charge in [-0.1, -0.05) is 55.5 Å². The van der Waals surface area contributed by atoms with Gasteiger partial charge in [0.2, 0.25) is 5.91 Å². The van der Waals surface area contributed by atoms with E-state index < -0.39 is 18.0 Å². The molecule has 5 nitrogen and oxygen atoms in total. The number of anilines is 1. The minimum atomic E-state index is -0.981. The summed E-state index contributed by atoms with van der Waals surface area (Å²) in [6.45, 7) is 1.95. The van der Waals surface area contributed by atoms with E-state index in [9.17, 15) is 14.4 Å². The van der Waals surface area contributed by atoms with Gasteiger partial charge in [-0.2, -0.15) is 0 Å². The Morgan fingerprint density at radius 2 is 1.59 bits per heavy atom. The van der Waals surface area contributed by atoms with Gasteiger partial charge in [0.05, 0.1) is 5.70 Å². The number of nitrogens with zero attached hydrogens (tertiary/aromatic N) is 1. The first-order valence-corrected chi connectivity index (χ1v) is 9.01. The lowest BCUT2D eigenvalue weighted by Crippen LogP contribution is -2.54. The van der Waals surface area contributed by atoms with E-state index in [4.69, 9.17) is 4.74 Å². The monoisotopic (exact) mass is 361 g/mol. The first kappa shape index (κ1) is 17.2. The van der Waals surface area contributed by atoms with Crippen LogP contribution in [-0.4, -0.2) is 23.8 Å². The number of carbonyl (C=O) groups excluding carboxylic acids is 3. The van der Waals surface area contributed by atoms with Crippen LogP contribution in [0.15, 0.2) is 66.2 Å². The fourth-order valence-electron chi connectivity index (χ4n) is 3.85. The van der Waals surface area contributed by atoms with Crippen molar-refractivity contribution < 1.29 is 19.1 Å². The van der Waals surface area contributed by atoms with Crippen molar-refractivity contribution >= 4 is 29.0 Å². The second-order valence-corrected chi connectivity index (χ2v) is 6.63. The highest BCUT2D eigenvalue weighted by molar-refractivity contribution is 6.20. The number of ether oxygens (including phenoxy) is 1.